The quantitative estimate of drug-likeness (QED) is 0.0243. The average Bonchev–Trinajstić information content (AvgIpc) is 0.698. The lowest BCUT2D eigenvalue weighted by Crippen LogP contribution is -2.79. The average molecular weight is 1400 g/mol. The number of ether oxygens (including phenoxy) is 9. The van der Waals surface area contributed by atoms with Gasteiger partial charge < -0.3 is 33.2 Å². The number of alkyl halides is 27. The summed E-state index contributed by atoms with van der Waals surface area (Å²) in [7, 11) is 0. The van der Waals surface area contributed by atoms with Crippen LogP contribution in [-0.4, -0.2) is 185 Å². The second-order valence-corrected chi connectivity index (χ2v) is 15.3. The fraction of sp³-hybridized carbons (Fsp3) is 0.571. The topological polar surface area (TPSA) is 213 Å². The van der Waals surface area contributed by atoms with Crippen molar-refractivity contribution in [2.24, 2.45) is 0 Å². The smallest absolute Gasteiger partial charge is 0.453 e. The van der Waals surface area contributed by atoms with Gasteiger partial charge in [0.15, 0.2) is 59.7 Å². The van der Waals surface area contributed by atoms with Gasteiger partial charge in [-0.15, -0.1) is 14.8 Å². The first-order chi connectivity index (χ1) is 40.5. The van der Waals surface area contributed by atoms with Gasteiger partial charge in [-0.3, -0.25) is 9.47 Å². The van der Waals surface area contributed by atoms with Crippen LogP contribution in [-0.2, 0) is 86.2 Å². The van der Waals surface area contributed by atoms with Crippen molar-refractivity contribution < 1.29 is 218 Å². The first-order valence-corrected chi connectivity index (χ1v) is 21.4. The first-order valence-electron chi connectivity index (χ1n) is 21.4. The van der Waals surface area contributed by atoms with Crippen LogP contribution in [0.2, 0.25) is 0 Å². The summed E-state index contributed by atoms with van der Waals surface area (Å²) in [6, 6.07) is 0. The lowest BCUT2D eigenvalue weighted by atomic mass is 9.92. The Morgan fingerprint density at radius 2 is 0.522 bits per heavy atom. The van der Waals surface area contributed by atoms with Crippen molar-refractivity contribution in [1.29, 1.82) is 0 Å². The van der Waals surface area contributed by atoms with Crippen molar-refractivity contribution in [3.05, 3.63) is 75.9 Å². The molecule has 4 unspecified atom stereocenters. The molecule has 0 aromatic carbocycles. The van der Waals surface area contributed by atoms with Crippen molar-refractivity contribution >= 4 is 35.8 Å². The third-order valence-electron chi connectivity index (χ3n) is 8.32. The highest BCUT2D eigenvalue weighted by atomic mass is 19.4. The third kappa shape index (κ3) is 26.0. The molecule has 18 nitrogen and oxygen atoms in total. The van der Waals surface area contributed by atoms with E-state index < -0.39 is 185 Å². The van der Waals surface area contributed by atoms with Crippen LogP contribution in [0.5, 0.6) is 0 Å². The molecule has 0 aromatic rings. The van der Waals surface area contributed by atoms with Crippen molar-refractivity contribution in [3.63, 3.8) is 0 Å². The molecule has 0 aliphatic heterocycles. The van der Waals surface area contributed by atoms with E-state index in [0.717, 1.165) is 18.2 Å². The molecular formula is C42H38F30O18. The summed E-state index contributed by atoms with van der Waals surface area (Å²) in [5.41, 5.74) is 0. The van der Waals surface area contributed by atoms with Gasteiger partial charge in [0.1, 0.15) is 6.61 Å². The van der Waals surface area contributed by atoms with Crippen LogP contribution >= 0.6 is 0 Å². The van der Waals surface area contributed by atoms with E-state index in [2.05, 4.69) is 77.4 Å². The minimum atomic E-state index is -8.72. The number of carbonyl (C=O) groups is 6. The lowest BCUT2D eigenvalue weighted by Gasteiger charge is -2.48. The third-order valence-corrected chi connectivity index (χ3v) is 8.32. The van der Waals surface area contributed by atoms with Gasteiger partial charge in [-0.2, -0.15) is 101 Å². The molecule has 0 aliphatic carbocycles. The monoisotopic (exact) mass is 1400 g/mol. The zero-order chi connectivity index (χ0) is 72.3. The predicted molar refractivity (Wildman–Crippen MR) is 224 cm³/mol. The Hall–Kier alpha value is -7.08. The fourth-order valence-electron chi connectivity index (χ4n) is 3.76. The summed E-state index contributed by atoms with van der Waals surface area (Å²) < 4.78 is 439. The number of hydrogen-bond acceptors (Lipinski definition) is 18. The fourth-order valence-corrected chi connectivity index (χ4v) is 3.76. The maximum Gasteiger partial charge on any atom is 0.453 e. The number of rotatable bonds is 38. The molecule has 0 rings (SSSR count). The maximum absolute atomic E-state index is 16.2. The van der Waals surface area contributed by atoms with E-state index in [1.807, 2.05) is 4.74 Å². The van der Waals surface area contributed by atoms with Gasteiger partial charge in [0, 0.05) is 36.5 Å². The number of carbonyl (C=O) groups excluding carboxylic acids is 6. The van der Waals surface area contributed by atoms with Crippen molar-refractivity contribution in [1.82, 2.24) is 0 Å². The minimum absolute atomic E-state index is 0.0726. The number of hydrogen-bond donors (Lipinski definition) is 0. The Labute approximate surface area is 480 Å². The summed E-state index contributed by atoms with van der Waals surface area (Å²) in [6.45, 7) is -7.36. The van der Waals surface area contributed by atoms with E-state index in [-0.39, 0.29) is 18.2 Å². The summed E-state index contributed by atoms with van der Waals surface area (Å²) >= 11 is 0. The molecule has 0 aromatic heterocycles. The molecule has 0 amide bonds. The molecule has 0 radical (unpaired) electrons. The van der Waals surface area contributed by atoms with Crippen LogP contribution in [0.15, 0.2) is 75.9 Å². The van der Waals surface area contributed by atoms with Crippen LogP contribution in [0.25, 0.3) is 0 Å². The Morgan fingerprint density at radius 3 is 0.744 bits per heavy atom. The van der Waals surface area contributed by atoms with Gasteiger partial charge >= 0.3 is 119 Å². The van der Waals surface area contributed by atoms with E-state index in [1.165, 1.54) is 14.8 Å². The molecular weight excluding hydrogens is 1360 g/mol. The summed E-state index contributed by atoms with van der Waals surface area (Å²) in [4.78, 5) is 67.3. The molecule has 0 N–H and O–H groups in total. The molecule has 4 atom stereocenters. The molecule has 0 spiro atoms. The lowest BCUT2D eigenvalue weighted by molar-refractivity contribution is -0.604. The van der Waals surface area contributed by atoms with Crippen LogP contribution in [0.4, 0.5) is 132 Å². The first kappa shape index (κ1) is 89.3. The highest BCUT2D eigenvalue weighted by Crippen LogP contribution is 2.61. The molecule has 0 fully saturated rings. The second-order valence-electron chi connectivity index (χ2n) is 15.3. The zero-order valence-corrected chi connectivity index (χ0v) is 43.5. The number of halogens is 30. The summed E-state index contributed by atoms with van der Waals surface area (Å²) in [5.74, 6) is -73.7. The van der Waals surface area contributed by atoms with Crippen LogP contribution in [0, 0.1) is 0 Å². The van der Waals surface area contributed by atoms with E-state index in [4.69, 9.17) is 0 Å². The van der Waals surface area contributed by atoms with Gasteiger partial charge in [0.25, 0.3) is 0 Å². The normalized spacial score (nSPS) is 15.3. The molecule has 0 aliphatic rings. The highest BCUT2D eigenvalue weighted by Gasteiger charge is 2.92. The Bertz CT molecular complexity index is 2320. The summed E-state index contributed by atoms with van der Waals surface area (Å²) in [5, 5.41) is 0. The predicted octanol–water partition coefficient (Wildman–Crippen LogP) is 10.8. The molecule has 48 heteroatoms. The maximum atomic E-state index is 16.2. The van der Waals surface area contributed by atoms with Crippen molar-refractivity contribution in [2.45, 2.75) is 83.4 Å². The zero-order valence-electron chi connectivity index (χ0n) is 43.5. The van der Waals surface area contributed by atoms with Gasteiger partial charge in [-0.1, -0.05) is 39.5 Å². The largest absolute Gasteiger partial charge is 0.456 e. The molecule has 90 heavy (non-hydrogen) atoms. The van der Waals surface area contributed by atoms with Gasteiger partial charge in [0.2, 0.25) is 0 Å². The van der Waals surface area contributed by atoms with Gasteiger partial charge in [0.05, 0.1) is 0 Å². The Balaban J connectivity index is -0.000000893. The van der Waals surface area contributed by atoms with E-state index in [1.54, 1.807) is 0 Å². The highest BCUT2D eigenvalue weighted by molar-refractivity contribution is 5.83. The van der Waals surface area contributed by atoms with Gasteiger partial charge in [-0.05, 0) is 13.6 Å². The summed E-state index contributed by atoms with van der Waals surface area (Å²) in [6.07, 6.45) is -28.5. The Morgan fingerprint density at radius 1 is 0.289 bits per heavy atom. The SMILES string of the molecule is C=CC(=O)OCC(F)(F)C(F)(F)OCC(F)(OC(F)(F)C(F)(F)COC(=O)C=C)C(F)(OF)C(F)(OC(F)(F)C(F)(F)COC(=O)C=C)C(F)(OF)C(F)(F)OF.C=CC(=O)OCC(F)(F)CF.C=CC(=O)OCC(F)(F)CF.C=CC(=O)OCC(F)(F)CF. The molecule has 0 heterocycles. The molecule has 0 saturated carbocycles. The van der Waals surface area contributed by atoms with Crippen LogP contribution in [0.3, 0.4) is 0 Å². The second kappa shape index (κ2) is 35.5. The van der Waals surface area contributed by atoms with Crippen molar-refractivity contribution in [2.75, 3.05) is 66.3 Å². The minimum Gasteiger partial charge on any atom is -0.456 e. The molecule has 0 bridgehead atoms. The van der Waals surface area contributed by atoms with Crippen LogP contribution in [0.1, 0.15) is 0 Å². The standard InChI is InChI=1S/C24H17F21O12.3C6H7F3O2/c1-4-11(46)49-7-14(25,26)21(35,36)52-10-17(31,53-22(37,38)15(27,28)8-50-12(47)5-2)18(32,55-43)19(33,20(34,56-44)24(41,42)57-45)54-23(39,40)16(29,30)9-51-13(48)6-3;3*1-2-5(10)11-4-6(8,9)3-7/h4-6H,1-3,7-10H2;3*2H,1,3-4H2. The van der Waals surface area contributed by atoms with Gasteiger partial charge in [-0.25, -0.2) is 46.3 Å². The van der Waals surface area contributed by atoms with Crippen LogP contribution < -0.4 is 0 Å². The van der Waals surface area contributed by atoms with E-state index in [9.17, 15) is 143 Å². The van der Waals surface area contributed by atoms with E-state index >= 15 is 17.6 Å². The van der Waals surface area contributed by atoms with E-state index in [0.29, 0.717) is 0 Å². The number of esters is 6. The Kier molecular flexibility index (Phi) is 35.2. The molecule has 524 valence electrons. The van der Waals surface area contributed by atoms with Crippen molar-refractivity contribution in [3.8, 4) is 0 Å². The molecule has 0 saturated heterocycles.